The van der Waals surface area contributed by atoms with Gasteiger partial charge in [0.05, 0.1) is 13.2 Å². The standard InChI is InChI=1S/C19H28N6O2.2C2HF3O2/c1-23(2)6-4-5-20-18(26)17-11-15(14-24(17)3)16-12-21-19(22-13-16)25-7-9-27-10-8-25;2*3-2(4,5)1(6)7/h11-14H,4-10H2,1-3H3,(H,20,26);2*(H,6,7). The number of carboxylic acid groups (broad SMARTS) is 2. The number of nitrogens with zero attached hydrogens (tertiary/aromatic N) is 5. The Morgan fingerprint density at radius 3 is 1.90 bits per heavy atom. The number of carbonyl (C=O) groups is 3. The maximum Gasteiger partial charge on any atom is 0.490 e. The van der Waals surface area contributed by atoms with Crippen LogP contribution in [0.2, 0.25) is 0 Å². The predicted octanol–water partition coefficient (Wildman–Crippen LogP) is 2.27. The normalized spacial score (nSPS) is 13.5. The molecule has 0 radical (unpaired) electrons. The zero-order valence-corrected chi connectivity index (χ0v) is 22.3. The smallest absolute Gasteiger partial charge is 0.475 e. The van der Waals surface area contributed by atoms with Gasteiger partial charge in [0.15, 0.2) is 0 Å². The van der Waals surface area contributed by atoms with E-state index in [1.165, 1.54) is 0 Å². The molecule has 1 saturated heterocycles. The van der Waals surface area contributed by atoms with E-state index in [-0.39, 0.29) is 5.91 Å². The Kier molecular flexibility index (Phi) is 13.5. The highest BCUT2D eigenvalue weighted by molar-refractivity contribution is 5.94. The van der Waals surface area contributed by atoms with Crippen LogP contribution < -0.4 is 10.2 Å². The van der Waals surface area contributed by atoms with Gasteiger partial charge in [-0.1, -0.05) is 0 Å². The van der Waals surface area contributed by atoms with E-state index in [4.69, 9.17) is 24.5 Å². The number of carbonyl (C=O) groups excluding carboxylic acids is 1. The summed E-state index contributed by atoms with van der Waals surface area (Å²) in [7, 11) is 5.93. The molecule has 0 saturated carbocycles. The van der Waals surface area contributed by atoms with Crippen LogP contribution in [0.4, 0.5) is 32.3 Å². The van der Waals surface area contributed by atoms with Crippen molar-refractivity contribution in [3.8, 4) is 11.1 Å². The summed E-state index contributed by atoms with van der Waals surface area (Å²) in [6, 6.07) is 1.88. The van der Waals surface area contributed by atoms with Gasteiger partial charge in [-0.3, -0.25) is 4.79 Å². The fourth-order valence-electron chi connectivity index (χ4n) is 3.03. The van der Waals surface area contributed by atoms with Crippen molar-refractivity contribution in [2.75, 3.05) is 58.4 Å². The summed E-state index contributed by atoms with van der Waals surface area (Å²) in [6.07, 6.45) is -3.69. The fraction of sp³-hybridized carbons (Fsp3) is 0.522. The minimum absolute atomic E-state index is 0.0617. The molecule has 18 heteroatoms. The molecule has 1 amide bonds. The summed E-state index contributed by atoms with van der Waals surface area (Å²) < 4.78 is 70.7. The molecule has 0 atom stereocenters. The number of aryl methyl sites for hydroxylation is 1. The molecule has 1 aliphatic heterocycles. The minimum atomic E-state index is -5.08. The number of anilines is 1. The van der Waals surface area contributed by atoms with Crippen LogP contribution in [-0.4, -0.2) is 113 Å². The average molecular weight is 601 g/mol. The number of nitrogens with one attached hydrogen (secondary N) is 1. The van der Waals surface area contributed by atoms with Gasteiger partial charge in [0.25, 0.3) is 5.91 Å². The van der Waals surface area contributed by atoms with Crippen molar-refractivity contribution >= 4 is 23.8 Å². The number of carboxylic acids is 2. The van der Waals surface area contributed by atoms with E-state index in [1.807, 2.05) is 50.4 Å². The van der Waals surface area contributed by atoms with E-state index < -0.39 is 24.3 Å². The largest absolute Gasteiger partial charge is 0.490 e. The number of aromatic nitrogens is 3. The molecule has 0 spiro atoms. The molecule has 1 aliphatic rings. The Bertz CT molecular complexity index is 1110. The second-order valence-electron chi connectivity index (χ2n) is 8.61. The first kappa shape index (κ1) is 35.1. The molecule has 0 aromatic carbocycles. The van der Waals surface area contributed by atoms with Crippen molar-refractivity contribution in [2.45, 2.75) is 18.8 Å². The Morgan fingerprint density at radius 1 is 0.976 bits per heavy atom. The van der Waals surface area contributed by atoms with Crippen LogP contribution in [0.1, 0.15) is 16.9 Å². The van der Waals surface area contributed by atoms with Gasteiger partial charge >= 0.3 is 24.3 Å². The summed E-state index contributed by atoms with van der Waals surface area (Å²) >= 11 is 0. The van der Waals surface area contributed by atoms with Crippen LogP contribution >= 0.6 is 0 Å². The zero-order chi connectivity index (χ0) is 31.4. The number of hydrogen-bond donors (Lipinski definition) is 3. The lowest BCUT2D eigenvalue weighted by atomic mass is 10.2. The zero-order valence-electron chi connectivity index (χ0n) is 22.3. The second-order valence-corrected chi connectivity index (χ2v) is 8.61. The summed E-state index contributed by atoms with van der Waals surface area (Å²) in [4.78, 5) is 43.4. The molecular weight excluding hydrogens is 570 g/mol. The summed E-state index contributed by atoms with van der Waals surface area (Å²) in [5.41, 5.74) is 2.46. The average Bonchev–Trinajstić information content (AvgIpc) is 3.28. The van der Waals surface area contributed by atoms with Gasteiger partial charge in [0.1, 0.15) is 5.69 Å². The Hall–Kier alpha value is -3.93. The van der Waals surface area contributed by atoms with Crippen molar-refractivity contribution in [3.05, 3.63) is 30.4 Å². The highest BCUT2D eigenvalue weighted by Gasteiger charge is 2.38. The molecule has 12 nitrogen and oxygen atoms in total. The van der Waals surface area contributed by atoms with Gasteiger partial charge in [-0.2, -0.15) is 26.3 Å². The van der Waals surface area contributed by atoms with Crippen molar-refractivity contribution in [3.63, 3.8) is 0 Å². The molecule has 0 bridgehead atoms. The summed E-state index contributed by atoms with van der Waals surface area (Å²) in [5, 5.41) is 17.2. The predicted molar refractivity (Wildman–Crippen MR) is 132 cm³/mol. The van der Waals surface area contributed by atoms with E-state index in [2.05, 4.69) is 25.1 Å². The van der Waals surface area contributed by atoms with Crippen LogP contribution in [0.25, 0.3) is 11.1 Å². The Labute approximate surface area is 230 Å². The first-order valence-electron chi connectivity index (χ1n) is 11.8. The van der Waals surface area contributed by atoms with Crippen molar-refractivity contribution in [1.29, 1.82) is 0 Å². The van der Waals surface area contributed by atoms with Gasteiger partial charge in [0.2, 0.25) is 5.95 Å². The number of aliphatic carboxylic acids is 2. The number of halogens is 6. The third-order valence-corrected chi connectivity index (χ3v) is 5.06. The minimum Gasteiger partial charge on any atom is -0.475 e. The van der Waals surface area contributed by atoms with Crippen LogP contribution in [0.15, 0.2) is 24.7 Å². The lowest BCUT2D eigenvalue weighted by Crippen LogP contribution is -2.37. The monoisotopic (exact) mass is 600 g/mol. The fourth-order valence-corrected chi connectivity index (χ4v) is 3.03. The molecule has 0 aliphatic carbocycles. The molecule has 1 fully saturated rings. The van der Waals surface area contributed by atoms with Crippen molar-refractivity contribution < 1.29 is 55.7 Å². The van der Waals surface area contributed by atoms with Gasteiger partial charge < -0.3 is 34.6 Å². The molecule has 2 aromatic heterocycles. The van der Waals surface area contributed by atoms with E-state index in [9.17, 15) is 31.1 Å². The number of ether oxygens (including phenoxy) is 1. The van der Waals surface area contributed by atoms with Gasteiger partial charge in [-0.25, -0.2) is 19.6 Å². The number of morpholine rings is 1. The van der Waals surface area contributed by atoms with Crippen LogP contribution in [-0.2, 0) is 21.4 Å². The third-order valence-electron chi connectivity index (χ3n) is 5.06. The first-order chi connectivity index (χ1) is 18.9. The lowest BCUT2D eigenvalue weighted by Gasteiger charge is -2.26. The molecule has 3 rings (SSSR count). The van der Waals surface area contributed by atoms with Gasteiger partial charge in [-0.15, -0.1) is 0 Å². The molecule has 230 valence electrons. The van der Waals surface area contributed by atoms with Crippen molar-refractivity contribution in [1.82, 2.24) is 24.8 Å². The number of amides is 1. The second kappa shape index (κ2) is 15.8. The SMILES string of the molecule is CN(C)CCCNC(=O)c1cc(-c2cnc(N3CCOCC3)nc2)cn1C.O=C(O)C(F)(F)F.O=C(O)C(F)(F)F. The van der Waals surface area contributed by atoms with E-state index in [1.54, 1.807) is 0 Å². The Morgan fingerprint density at radius 2 is 1.46 bits per heavy atom. The molecule has 0 unspecified atom stereocenters. The van der Waals surface area contributed by atoms with E-state index in [0.717, 1.165) is 43.1 Å². The van der Waals surface area contributed by atoms with Crippen molar-refractivity contribution in [2.24, 2.45) is 7.05 Å². The highest BCUT2D eigenvalue weighted by Crippen LogP contribution is 2.22. The first-order valence-corrected chi connectivity index (χ1v) is 11.8. The van der Waals surface area contributed by atoms with E-state index in [0.29, 0.717) is 25.5 Å². The highest BCUT2D eigenvalue weighted by atomic mass is 19.4. The topological polar surface area (TPSA) is 150 Å². The molecule has 3 N–H and O–H groups in total. The molecule has 2 aromatic rings. The molecule has 3 heterocycles. The number of alkyl halides is 6. The molecular formula is C23H30F6N6O6. The van der Waals surface area contributed by atoms with Crippen LogP contribution in [0, 0.1) is 0 Å². The maximum atomic E-state index is 12.4. The Balaban J connectivity index is 0.000000497. The van der Waals surface area contributed by atoms with Gasteiger partial charge in [0, 0.05) is 56.4 Å². The van der Waals surface area contributed by atoms with Crippen LogP contribution in [0.5, 0.6) is 0 Å². The molecule has 41 heavy (non-hydrogen) atoms. The van der Waals surface area contributed by atoms with Crippen LogP contribution in [0.3, 0.4) is 0 Å². The summed E-state index contributed by atoms with van der Waals surface area (Å²) in [6.45, 7) is 4.64. The maximum absolute atomic E-state index is 12.4. The third kappa shape index (κ3) is 12.9. The lowest BCUT2D eigenvalue weighted by molar-refractivity contribution is -0.193. The number of hydrogen-bond acceptors (Lipinski definition) is 8. The van der Waals surface area contributed by atoms with E-state index >= 15 is 0 Å². The summed E-state index contributed by atoms with van der Waals surface area (Å²) in [5.74, 6) is -4.86. The number of rotatable bonds is 7. The quantitative estimate of drug-likeness (QED) is 0.319. The van der Waals surface area contributed by atoms with Gasteiger partial charge in [-0.05, 0) is 33.1 Å².